The van der Waals surface area contributed by atoms with E-state index >= 15 is 0 Å². The largest absolute Gasteiger partial charge is 0.400 e. The third-order valence-corrected chi connectivity index (χ3v) is 3.52. The summed E-state index contributed by atoms with van der Waals surface area (Å²) in [5, 5.41) is 9.94. The Morgan fingerprint density at radius 2 is 1.89 bits per heavy atom. The van der Waals surface area contributed by atoms with E-state index < -0.39 is 0 Å². The number of unbranched alkanes of at least 4 members (excludes halogenated alkanes) is 1. The SMILES string of the molecule is CCCC=O.CO.O=C1CC2(CCCCC2)CN1. The van der Waals surface area contributed by atoms with Crippen molar-refractivity contribution in [1.82, 2.24) is 5.32 Å². The van der Waals surface area contributed by atoms with Crippen molar-refractivity contribution in [1.29, 1.82) is 0 Å². The van der Waals surface area contributed by atoms with Gasteiger partial charge in [-0.2, -0.15) is 0 Å². The second-order valence-electron chi connectivity index (χ2n) is 4.97. The molecule has 1 aliphatic carbocycles. The van der Waals surface area contributed by atoms with Gasteiger partial charge in [0, 0.05) is 26.5 Å². The molecule has 2 aliphatic rings. The zero-order chi connectivity index (χ0) is 13.9. The van der Waals surface area contributed by atoms with E-state index in [4.69, 9.17) is 5.11 Å². The first kappa shape index (κ1) is 17.1. The molecule has 0 aromatic rings. The fourth-order valence-electron chi connectivity index (χ4n) is 2.52. The average Bonchev–Trinajstić information content (AvgIpc) is 2.75. The molecule has 1 saturated heterocycles. The Balaban J connectivity index is 0.000000354. The second-order valence-corrected chi connectivity index (χ2v) is 4.97. The minimum atomic E-state index is 0.270. The molecule has 2 N–H and O–H groups in total. The number of aliphatic hydroxyl groups excluding tert-OH is 1. The number of aliphatic hydroxyl groups is 1. The number of rotatable bonds is 2. The molecule has 1 heterocycles. The minimum absolute atomic E-state index is 0.270. The van der Waals surface area contributed by atoms with E-state index in [9.17, 15) is 9.59 Å². The number of nitrogens with one attached hydrogen (secondary N) is 1. The molecule has 0 unspecified atom stereocenters. The van der Waals surface area contributed by atoms with Gasteiger partial charge >= 0.3 is 0 Å². The van der Waals surface area contributed by atoms with Gasteiger partial charge in [0.15, 0.2) is 0 Å². The fourth-order valence-corrected chi connectivity index (χ4v) is 2.52. The maximum Gasteiger partial charge on any atom is 0.220 e. The zero-order valence-electron chi connectivity index (χ0n) is 11.7. The highest BCUT2D eigenvalue weighted by molar-refractivity contribution is 5.79. The third-order valence-electron chi connectivity index (χ3n) is 3.52. The summed E-state index contributed by atoms with van der Waals surface area (Å²) < 4.78 is 0. The summed E-state index contributed by atoms with van der Waals surface area (Å²) in [6.07, 6.45) is 9.98. The van der Waals surface area contributed by atoms with Gasteiger partial charge in [-0.3, -0.25) is 4.79 Å². The van der Waals surface area contributed by atoms with Gasteiger partial charge in [-0.1, -0.05) is 26.2 Å². The van der Waals surface area contributed by atoms with Crippen molar-refractivity contribution < 1.29 is 14.7 Å². The maximum absolute atomic E-state index is 11.0. The van der Waals surface area contributed by atoms with Crippen LogP contribution in [0, 0.1) is 5.41 Å². The van der Waals surface area contributed by atoms with Gasteiger partial charge in [0.25, 0.3) is 0 Å². The topological polar surface area (TPSA) is 66.4 Å². The van der Waals surface area contributed by atoms with Crippen LogP contribution in [0.3, 0.4) is 0 Å². The van der Waals surface area contributed by atoms with Crippen LogP contribution in [-0.4, -0.2) is 31.0 Å². The highest BCUT2D eigenvalue weighted by atomic mass is 16.2. The lowest BCUT2D eigenvalue weighted by Gasteiger charge is -2.31. The van der Waals surface area contributed by atoms with E-state index in [1.54, 1.807) is 0 Å². The number of carbonyl (C=O) groups excluding carboxylic acids is 2. The molecule has 18 heavy (non-hydrogen) atoms. The molecule has 2 fully saturated rings. The van der Waals surface area contributed by atoms with Gasteiger partial charge in [-0.25, -0.2) is 0 Å². The van der Waals surface area contributed by atoms with Gasteiger partial charge in [0.05, 0.1) is 0 Å². The Morgan fingerprint density at radius 1 is 1.28 bits per heavy atom. The third kappa shape index (κ3) is 6.15. The maximum atomic E-state index is 11.0. The monoisotopic (exact) mass is 257 g/mol. The van der Waals surface area contributed by atoms with Crippen LogP contribution in [0.2, 0.25) is 0 Å². The Labute approximate surface area is 110 Å². The summed E-state index contributed by atoms with van der Waals surface area (Å²) in [4.78, 5) is 20.4. The molecule has 0 atom stereocenters. The predicted molar refractivity (Wildman–Crippen MR) is 72.3 cm³/mol. The Morgan fingerprint density at radius 3 is 2.22 bits per heavy atom. The molecular weight excluding hydrogens is 230 g/mol. The van der Waals surface area contributed by atoms with Crippen molar-refractivity contribution in [3.63, 3.8) is 0 Å². The summed E-state index contributed by atoms with van der Waals surface area (Å²) in [5.74, 6) is 0.270. The molecule has 1 aliphatic heterocycles. The Bertz CT molecular complexity index is 235. The number of hydrogen-bond acceptors (Lipinski definition) is 3. The quantitative estimate of drug-likeness (QED) is 0.744. The van der Waals surface area contributed by atoms with Crippen LogP contribution in [0.5, 0.6) is 0 Å². The first-order chi connectivity index (χ1) is 8.72. The van der Waals surface area contributed by atoms with Gasteiger partial charge in [0.1, 0.15) is 6.29 Å². The molecule has 0 aromatic carbocycles. The van der Waals surface area contributed by atoms with E-state index in [1.165, 1.54) is 32.1 Å². The number of aldehydes is 1. The van der Waals surface area contributed by atoms with Crippen molar-refractivity contribution >= 4 is 12.2 Å². The van der Waals surface area contributed by atoms with Crippen LogP contribution in [0.15, 0.2) is 0 Å². The first-order valence-electron chi connectivity index (χ1n) is 6.87. The minimum Gasteiger partial charge on any atom is -0.400 e. The van der Waals surface area contributed by atoms with E-state index in [0.29, 0.717) is 11.8 Å². The molecule has 2 rings (SSSR count). The summed E-state index contributed by atoms with van der Waals surface area (Å²) in [6.45, 7) is 2.93. The van der Waals surface area contributed by atoms with Crippen LogP contribution >= 0.6 is 0 Å². The van der Waals surface area contributed by atoms with Crippen LogP contribution in [-0.2, 0) is 9.59 Å². The molecule has 1 amide bonds. The van der Waals surface area contributed by atoms with Crippen LogP contribution in [0.4, 0.5) is 0 Å². The zero-order valence-corrected chi connectivity index (χ0v) is 11.7. The molecule has 1 saturated carbocycles. The highest BCUT2D eigenvalue weighted by Gasteiger charge is 2.38. The van der Waals surface area contributed by atoms with Gasteiger partial charge in [0.2, 0.25) is 5.91 Å². The molecule has 4 nitrogen and oxygen atoms in total. The van der Waals surface area contributed by atoms with E-state index in [-0.39, 0.29) is 5.91 Å². The lowest BCUT2D eigenvalue weighted by molar-refractivity contribution is -0.119. The molecule has 0 radical (unpaired) electrons. The summed E-state index contributed by atoms with van der Waals surface area (Å²) in [5.41, 5.74) is 0.384. The van der Waals surface area contributed by atoms with Crippen LogP contribution in [0.1, 0.15) is 58.3 Å². The van der Waals surface area contributed by atoms with Crippen LogP contribution in [0.25, 0.3) is 0 Å². The summed E-state index contributed by atoms with van der Waals surface area (Å²) >= 11 is 0. The van der Waals surface area contributed by atoms with Crippen molar-refractivity contribution in [2.75, 3.05) is 13.7 Å². The van der Waals surface area contributed by atoms with Crippen LogP contribution < -0.4 is 5.32 Å². The highest BCUT2D eigenvalue weighted by Crippen LogP contribution is 2.40. The van der Waals surface area contributed by atoms with Gasteiger partial charge in [-0.15, -0.1) is 0 Å². The van der Waals surface area contributed by atoms with Crippen molar-refractivity contribution in [3.8, 4) is 0 Å². The summed E-state index contributed by atoms with van der Waals surface area (Å²) in [6, 6.07) is 0. The Hall–Kier alpha value is -0.900. The van der Waals surface area contributed by atoms with Gasteiger partial charge < -0.3 is 15.2 Å². The van der Waals surface area contributed by atoms with E-state index in [2.05, 4.69) is 5.32 Å². The fraction of sp³-hybridized carbons (Fsp3) is 0.857. The van der Waals surface area contributed by atoms with Gasteiger partial charge in [-0.05, 0) is 24.7 Å². The lowest BCUT2D eigenvalue weighted by Crippen LogP contribution is -2.26. The molecule has 106 valence electrons. The number of amides is 1. The normalized spacial score (nSPS) is 20.1. The number of hydrogen-bond donors (Lipinski definition) is 2. The lowest BCUT2D eigenvalue weighted by atomic mass is 9.73. The predicted octanol–water partition coefficient (Wildman–Crippen LogP) is 2.05. The molecule has 0 bridgehead atoms. The molecule has 1 spiro atoms. The average molecular weight is 257 g/mol. The van der Waals surface area contributed by atoms with Crippen molar-refractivity contribution in [3.05, 3.63) is 0 Å². The summed E-state index contributed by atoms with van der Waals surface area (Å²) in [7, 11) is 1.00. The Kier molecular flexibility index (Phi) is 9.56. The molecule has 0 aromatic heterocycles. The van der Waals surface area contributed by atoms with E-state index in [0.717, 1.165) is 32.8 Å². The van der Waals surface area contributed by atoms with Crippen molar-refractivity contribution in [2.24, 2.45) is 5.41 Å². The number of carbonyl (C=O) groups is 2. The standard InChI is InChI=1S/C9H15NO.C4H8O.CH4O/c11-8-6-9(7-10-8)4-2-1-3-5-9;1-2-3-4-5;1-2/h1-7H2,(H,10,11);4H,2-3H2,1H3;2H,1H3. The first-order valence-corrected chi connectivity index (χ1v) is 6.87. The molecular formula is C14H27NO3. The van der Waals surface area contributed by atoms with E-state index in [1.807, 2.05) is 6.92 Å². The molecule has 4 heteroatoms. The second kappa shape index (κ2) is 10.1. The smallest absolute Gasteiger partial charge is 0.220 e. The van der Waals surface area contributed by atoms with Crippen molar-refractivity contribution in [2.45, 2.75) is 58.3 Å².